The van der Waals surface area contributed by atoms with Crippen molar-refractivity contribution in [1.82, 2.24) is 0 Å². The van der Waals surface area contributed by atoms with Crippen LogP contribution in [-0.4, -0.2) is 39.7 Å². The van der Waals surface area contributed by atoms with Gasteiger partial charge in [0.25, 0.3) is 0 Å². The molecular weight excluding hydrogens is 763 g/mol. The van der Waals surface area contributed by atoms with E-state index in [0.29, 0.717) is 12.1 Å². The summed E-state index contributed by atoms with van der Waals surface area (Å²) in [5.41, 5.74) is -8.17. The number of primary sulfonamides is 2. The predicted molar refractivity (Wildman–Crippen MR) is 189 cm³/mol. The van der Waals surface area contributed by atoms with E-state index >= 15 is 26.3 Å². The Labute approximate surface area is 303 Å². The fourth-order valence-corrected chi connectivity index (χ4v) is 10.0. The van der Waals surface area contributed by atoms with Crippen LogP contribution in [0.5, 0.6) is 0 Å². The minimum atomic E-state index is -5.33. The smallest absolute Gasteiger partial charge is 0.323 e. The van der Waals surface area contributed by atoms with Gasteiger partial charge in [-0.15, -0.1) is 0 Å². The van der Waals surface area contributed by atoms with Crippen molar-refractivity contribution in [3.05, 3.63) is 129 Å². The molecule has 12 nitrogen and oxygen atoms in total. The normalized spacial score (nSPS) is 22.3. The summed E-state index contributed by atoms with van der Waals surface area (Å²) < 4.78 is 139. The van der Waals surface area contributed by atoms with E-state index in [4.69, 9.17) is 32.8 Å². The number of rotatable bonds is 5. The molecule has 0 bridgehead atoms. The Balaban J connectivity index is 1.65. The van der Waals surface area contributed by atoms with Crippen molar-refractivity contribution in [3.8, 4) is 11.1 Å². The molecule has 0 heterocycles. The van der Waals surface area contributed by atoms with Crippen LogP contribution in [-0.2, 0) is 41.9 Å². The molecule has 4 aromatic rings. The molecule has 0 amide bonds. The van der Waals surface area contributed by atoms with Gasteiger partial charge in [-0.3, -0.25) is 10.8 Å². The first-order chi connectivity index (χ1) is 25.0. The van der Waals surface area contributed by atoms with Gasteiger partial charge in [-0.1, -0.05) is 72.8 Å². The Morgan fingerprint density at radius 2 is 0.889 bits per heavy atom. The van der Waals surface area contributed by atoms with Gasteiger partial charge in [0.05, 0.1) is 34.0 Å². The summed E-state index contributed by atoms with van der Waals surface area (Å²) in [6, 6.07) is 14.8. The molecule has 10 N–H and O–H groups in total. The molecule has 0 saturated heterocycles. The van der Waals surface area contributed by atoms with E-state index in [0.717, 1.165) is 24.3 Å². The maximum absolute atomic E-state index is 15.1. The van der Waals surface area contributed by atoms with Crippen LogP contribution in [0.2, 0.25) is 0 Å². The number of hydrogen-bond donors (Lipinski definition) is 6. The third kappa shape index (κ3) is 5.67. The van der Waals surface area contributed by atoms with Gasteiger partial charge in [0.2, 0.25) is 20.0 Å². The van der Waals surface area contributed by atoms with Crippen LogP contribution in [0.3, 0.4) is 0 Å². The maximum Gasteiger partial charge on any atom is 0.416 e. The molecule has 2 aliphatic carbocycles. The molecule has 0 radical (unpaired) electrons. The summed E-state index contributed by atoms with van der Waals surface area (Å²) in [4.78, 5) is 0. The number of hydrazone groups is 2. The molecule has 2 atom stereocenters. The average molecular weight is 791 g/mol. The molecule has 282 valence electrons. The van der Waals surface area contributed by atoms with Crippen LogP contribution < -0.4 is 22.0 Å². The highest BCUT2D eigenvalue weighted by Crippen LogP contribution is 2.52. The number of sulfonamides is 2. The van der Waals surface area contributed by atoms with Gasteiger partial charge >= 0.3 is 12.4 Å². The third-order valence-electron chi connectivity index (χ3n) is 9.81. The number of nitrogens with one attached hydrogen (secondary N) is 2. The zero-order valence-corrected chi connectivity index (χ0v) is 29.1. The molecule has 0 saturated carbocycles. The van der Waals surface area contributed by atoms with Gasteiger partial charge in [-0.05, 0) is 45.5 Å². The molecule has 54 heavy (non-hydrogen) atoms. The number of hydrogen-bond acceptors (Lipinski definition) is 10. The Morgan fingerprint density at radius 1 is 0.556 bits per heavy atom. The maximum atomic E-state index is 15.1. The molecule has 2 unspecified atom stereocenters. The summed E-state index contributed by atoms with van der Waals surface area (Å²) in [6.45, 7) is 0. The molecule has 0 spiro atoms. The van der Waals surface area contributed by atoms with E-state index in [2.05, 4.69) is 10.2 Å². The molecule has 6 rings (SSSR count). The highest BCUT2D eigenvalue weighted by atomic mass is 32.2. The van der Waals surface area contributed by atoms with Crippen LogP contribution >= 0.6 is 0 Å². The van der Waals surface area contributed by atoms with Crippen LogP contribution in [0.4, 0.5) is 26.3 Å². The van der Waals surface area contributed by atoms with Gasteiger partial charge < -0.3 is 11.7 Å². The van der Waals surface area contributed by atoms with Crippen molar-refractivity contribution in [1.29, 1.82) is 10.8 Å². The molecule has 0 aliphatic heterocycles. The number of benzene rings is 4. The van der Waals surface area contributed by atoms with Crippen molar-refractivity contribution in [2.24, 2.45) is 32.2 Å². The fraction of sp³-hybridized carbons (Fsp3) is 0.176. The van der Waals surface area contributed by atoms with Gasteiger partial charge in [-0.25, -0.2) is 27.1 Å². The number of nitrogens with zero attached hydrogens (tertiary/aromatic N) is 2. The van der Waals surface area contributed by atoms with E-state index in [-0.39, 0.29) is 45.1 Å². The van der Waals surface area contributed by atoms with Crippen molar-refractivity contribution < 1.29 is 43.2 Å². The summed E-state index contributed by atoms with van der Waals surface area (Å²) in [5, 5.41) is 35.2. The van der Waals surface area contributed by atoms with Gasteiger partial charge in [-0.2, -0.15) is 36.5 Å². The van der Waals surface area contributed by atoms with E-state index < -0.39 is 88.1 Å². The monoisotopic (exact) mass is 790 g/mol. The second-order valence-corrected chi connectivity index (χ2v) is 16.2. The van der Waals surface area contributed by atoms with Gasteiger partial charge in [0.1, 0.15) is 9.49 Å². The van der Waals surface area contributed by atoms with Crippen molar-refractivity contribution >= 4 is 42.9 Å². The minimum absolute atomic E-state index is 0.115. The Hall–Kier alpha value is -5.44. The first-order valence-electron chi connectivity index (χ1n) is 15.4. The van der Waals surface area contributed by atoms with Crippen LogP contribution in [0.25, 0.3) is 11.1 Å². The zero-order chi connectivity index (χ0) is 39.8. The quantitative estimate of drug-likeness (QED) is 0.0956. The van der Waals surface area contributed by atoms with E-state index in [1.54, 1.807) is 0 Å². The molecular formula is C34H28F6N8O4S2. The van der Waals surface area contributed by atoms with Gasteiger partial charge in [0, 0.05) is 24.0 Å². The van der Waals surface area contributed by atoms with Gasteiger partial charge in [0.15, 0.2) is 0 Å². The Bertz CT molecular complexity index is 2400. The standard InChI is InChI=1S/C34H28F6N8O4S2/c35-33(36,37)25-13-17(9-11-23(25)31(53(45,49)50)15-27(47-43)29(41)19-5-1-3-7-21(19)31)18-10-12-24(26(14-18)34(38,39)40)32(54(46,51)52)16-28(48-44)30(42)20-6-2-4-8-22(20)32/h1-14,41-42H,15-16,43-44H2,(H2,45,49,50)(H2,46,51,52). The minimum Gasteiger partial charge on any atom is -0.323 e. The summed E-state index contributed by atoms with van der Waals surface area (Å²) in [6.07, 6.45) is -12.4. The topological polar surface area (TPSA) is 245 Å². The zero-order valence-electron chi connectivity index (χ0n) is 27.4. The van der Waals surface area contributed by atoms with E-state index in [1.165, 1.54) is 48.5 Å². The summed E-state index contributed by atoms with van der Waals surface area (Å²) in [7, 11) is -10.1. The lowest BCUT2D eigenvalue weighted by Gasteiger charge is -2.39. The lowest BCUT2D eigenvalue weighted by atomic mass is 9.74. The van der Waals surface area contributed by atoms with E-state index in [9.17, 15) is 16.8 Å². The van der Waals surface area contributed by atoms with Crippen molar-refractivity contribution in [3.63, 3.8) is 0 Å². The van der Waals surface area contributed by atoms with Crippen molar-refractivity contribution in [2.75, 3.05) is 0 Å². The largest absolute Gasteiger partial charge is 0.416 e. The van der Waals surface area contributed by atoms with Crippen LogP contribution in [0.1, 0.15) is 57.3 Å². The Kier molecular flexibility index (Phi) is 8.91. The van der Waals surface area contributed by atoms with E-state index in [1.807, 2.05) is 0 Å². The number of fused-ring (bicyclic) bond motifs is 2. The van der Waals surface area contributed by atoms with Crippen LogP contribution in [0, 0.1) is 10.8 Å². The highest BCUT2D eigenvalue weighted by Gasteiger charge is 2.56. The number of nitrogens with two attached hydrogens (primary N) is 4. The summed E-state index contributed by atoms with van der Waals surface area (Å²) >= 11 is 0. The predicted octanol–water partition coefficient (Wildman–Crippen LogP) is 4.63. The van der Waals surface area contributed by atoms with Crippen molar-refractivity contribution in [2.45, 2.75) is 34.7 Å². The molecule has 20 heteroatoms. The second-order valence-electron chi connectivity index (χ2n) is 12.6. The molecule has 0 aromatic heterocycles. The molecule has 4 aromatic carbocycles. The first-order valence-corrected chi connectivity index (χ1v) is 18.5. The van der Waals surface area contributed by atoms with Crippen LogP contribution in [0.15, 0.2) is 95.1 Å². The lowest BCUT2D eigenvalue weighted by molar-refractivity contribution is -0.139. The lowest BCUT2D eigenvalue weighted by Crippen LogP contribution is -2.49. The molecule has 2 aliphatic rings. The summed E-state index contributed by atoms with van der Waals surface area (Å²) in [5.74, 6) is 10.9. The fourth-order valence-electron chi connectivity index (χ4n) is 7.39. The number of halogens is 6. The second kappa shape index (κ2) is 12.6. The SMILES string of the molecule is N=C1C(=NN)CC(c2ccc(-c3ccc(C4(S(N)(=O)=O)CC(=NN)C(=N)c5ccccc54)c(C(F)(F)F)c3)cc2C(F)(F)F)(S(N)(=O)=O)c2ccccc21. The number of alkyl halides is 6. The highest BCUT2D eigenvalue weighted by molar-refractivity contribution is 7.90. The first kappa shape index (κ1) is 38.3. The molecule has 0 fully saturated rings. The average Bonchev–Trinajstić information content (AvgIpc) is 3.10. The Morgan fingerprint density at radius 3 is 1.19 bits per heavy atom. The third-order valence-corrected chi connectivity index (χ3v) is 12.9.